The highest BCUT2D eigenvalue weighted by molar-refractivity contribution is 5.92. The summed E-state index contributed by atoms with van der Waals surface area (Å²) in [4.78, 5) is 24.7. The predicted molar refractivity (Wildman–Crippen MR) is 59.2 cm³/mol. The van der Waals surface area contributed by atoms with Gasteiger partial charge in [0, 0.05) is 19.2 Å². The Morgan fingerprint density at radius 2 is 1.88 bits per heavy atom. The molecule has 1 fully saturated rings. The Balaban J connectivity index is 2.11. The third-order valence-electron chi connectivity index (χ3n) is 2.79. The molecule has 16 heavy (non-hydrogen) atoms. The summed E-state index contributed by atoms with van der Waals surface area (Å²) in [5, 5.41) is 6.04. The molecule has 1 amide bonds. The van der Waals surface area contributed by atoms with E-state index in [0.29, 0.717) is 5.69 Å². The van der Waals surface area contributed by atoms with Gasteiger partial charge in [-0.05, 0) is 18.9 Å². The zero-order valence-corrected chi connectivity index (χ0v) is 9.11. The molecule has 2 heterocycles. The summed E-state index contributed by atoms with van der Waals surface area (Å²) in [7, 11) is 0. The van der Waals surface area contributed by atoms with Crippen LogP contribution in [0, 0.1) is 0 Å². The number of nitrogens with zero attached hydrogens (tertiary/aromatic N) is 2. The van der Waals surface area contributed by atoms with E-state index in [1.807, 2.05) is 4.90 Å². The van der Waals surface area contributed by atoms with Crippen LogP contribution in [0.25, 0.3) is 0 Å². The number of rotatable bonds is 1. The van der Waals surface area contributed by atoms with Gasteiger partial charge in [0.2, 0.25) is 0 Å². The van der Waals surface area contributed by atoms with E-state index in [1.165, 1.54) is 25.0 Å². The van der Waals surface area contributed by atoms with Gasteiger partial charge in [-0.3, -0.25) is 9.59 Å². The van der Waals surface area contributed by atoms with E-state index in [-0.39, 0.29) is 11.5 Å². The van der Waals surface area contributed by atoms with Crippen molar-refractivity contribution in [1.29, 1.82) is 0 Å². The van der Waals surface area contributed by atoms with Crippen LogP contribution >= 0.6 is 0 Å². The van der Waals surface area contributed by atoms with Crippen LogP contribution in [0.2, 0.25) is 0 Å². The minimum Gasteiger partial charge on any atom is -0.337 e. The van der Waals surface area contributed by atoms with Gasteiger partial charge in [0.15, 0.2) is 0 Å². The molecular weight excluding hydrogens is 206 g/mol. The SMILES string of the molecule is O=C(c1ccc(=O)[nH]n1)N1CCCCCC1. The Morgan fingerprint density at radius 1 is 1.19 bits per heavy atom. The lowest BCUT2D eigenvalue weighted by molar-refractivity contribution is 0.0754. The molecule has 0 atom stereocenters. The van der Waals surface area contributed by atoms with Crippen molar-refractivity contribution in [3.8, 4) is 0 Å². The smallest absolute Gasteiger partial charge is 0.274 e. The van der Waals surface area contributed by atoms with Crippen LogP contribution in [-0.2, 0) is 0 Å². The van der Waals surface area contributed by atoms with Crippen LogP contribution in [-0.4, -0.2) is 34.1 Å². The maximum atomic E-state index is 12.0. The summed E-state index contributed by atoms with van der Waals surface area (Å²) in [5.74, 6) is -0.0850. The zero-order chi connectivity index (χ0) is 11.4. The number of carbonyl (C=O) groups is 1. The maximum absolute atomic E-state index is 12.0. The number of carbonyl (C=O) groups excluding carboxylic acids is 1. The molecule has 0 saturated carbocycles. The molecule has 1 saturated heterocycles. The Hall–Kier alpha value is -1.65. The van der Waals surface area contributed by atoms with Crippen molar-refractivity contribution in [3.05, 3.63) is 28.2 Å². The number of H-pyrrole nitrogens is 1. The van der Waals surface area contributed by atoms with Gasteiger partial charge in [0.25, 0.3) is 11.5 Å². The van der Waals surface area contributed by atoms with Crippen LogP contribution in [0.5, 0.6) is 0 Å². The van der Waals surface area contributed by atoms with Crippen molar-refractivity contribution < 1.29 is 4.79 Å². The lowest BCUT2D eigenvalue weighted by Crippen LogP contribution is -2.33. The average molecular weight is 221 g/mol. The second-order valence-electron chi connectivity index (χ2n) is 4.01. The normalized spacial score (nSPS) is 16.9. The molecule has 2 rings (SSSR count). The second kappa shape index (κ2) is 4.92. The first-order valence-corrected chi connectivity index (χ1v) is 5.62. The number of aromatic nitrogens is 2. The first-order chi connectivity index (χ1) is 7.77. The van der Waals surface area contributed by atoms with E-state index >= 15 is 0 Å². The number of hydrogen-bond donors (Lipinski definition) is 1. The molecule has 86 valence electrons. The quantitative estimate of drug-likeness (QED) is 0.762. The van der Waals surface area contributed by atoms with Gasteiger partial charge < -0.3 is 4.90 Å². The van der Waals surface area contributed by atoms with Crippen LogP contribution in [0.4, 0.5) is 0 Å². The van der Waals surface area contributed by atoms with Gasteiger partial charge in [-0.1, -0.05) is 12.8 Å². The van der Waals surface area contributed by atoms with Crippen LogP contribution in [0.1, 0.15) is 36.2 Å². The molecule has 1 aliphatic heterocycles. The molecule has 1 N–H and O–H groups in total. The topological polar surface area (TPSA) is 66.1 Å². The highest BCUT2D eigenvalue weighted by atomic mass is 16.2. The van der Waals surface area contributed by atoms with Gasteiger partial charge in [-0.25, -0.2) is 5.10 Å². The number of aromatic amines is 1. The molecule has 1 aliphatic rings. The molecule has 0 unspecified atom stereocenters. The summed E-state index contributed by atoms with van der Waals surface area (Å²) in [5.41, 5.74) is 0.0360. The highest BCUT2D eigenvalue weighted by Crippen LogP contribution is 2.11. The third kappa shape index (κ3) is 2.48. The first kappa shape index (κ1) is 10.9. The lowest BCUT2D eigenvalue weighted by atomic mass is 10.2. The molecule has 0 aliphatic carbocycles. The molecule has 0 radical (unpaired) electrons. The van der Waals surface area contributed by atoms with Crippen molar-refractivity contribution in [2.24, 2.45) is 0 Å². The molecule has 0 bridgehead atoms. The lowest BCUT2D eigenvalue weighted by Gasteiger charge is -2.19. The van der Waals surface area contributed by atoms with Gasteiger partial charge in [-0.15, -0.1) is 0 Å². The molecule has 0 aromatic carbocycles. The number of likely N-dealkylation sites (tertiary alicyclic amines) is 1. The van der Waals surface area contributed by atoms with Gasteiger partial charge in [-0.2, -0.15) is 5.10 Å². The molecule has 1 aromatic rings. The average Bonchev–Trinajstić information content (AvgIpc) is 2.57. The molecule has 1 aromatic heterocycles. The summed E-state index contributed by atoms with van der Waals surface area (Å²) in [6, 6.07) is 2.81. The maximum Gasteiger partial charge on any atom is 0.274 e. The molecule has 5 nitrogen and oxygen atoms in total. The Labute approximate surface area is 93.5 Å². The summed E-state index contributed by atoms with van der Waals surface area (Å²) in [6.45, 7) is 1.58. The fourth-order valence-corrected chi connectivity index (χ4v) is 1.90. The van der Waals surface area contributed by atoms with E-state index in [2.05, 4.69) is 10.2 Å². The predicted octanol–water partition coefficient (Wildman–Crippen LogP) is 0.786. The van der Waals surface area contributed by atoms with Crippen molar-refractivity contribution >= 4 is 5.91 Å². The van der Waals surface area contributed by atoms with Crippen LogP contribution in [0.15, 0.2) is 16.9 Å². The van der Waals surface area contributed by atoms with E-state index < -0.39 is 0 Å². The van der Waals surface area contributed by atoms with Gasteiger partial charge in [0.05, 0.1) is 0 Å². The van der Waals surface area contributed by atoms with Crippen molar-refractivity contribution in [3.63, 3.8) is 0 Å². The van der Waals surface area contributed by atoms with E-state index in [1.54, 1.807) is 0 Å². The van der Waals surface area contributed by atoms with E-state index in [4.69, 9.17) is 0 Å². The monoisotopic (exact) mass is 221 g/mol. The van der Waals surface area contributed by atoms with Crippen LogP contribution in [0.3, 0.4) is 0 Å². The first-order valence-electron chi connectivity index (χ1n) is 5.62. The summed E-state index contributed by atoms with van der Waals surface area (Å²) >= 11 is 0. The van der Waals surface area contributed by atoms with Gasteiger partial charge in [0.1, 0.15) is 5.69 Å². The standard InChI is InChI=1S/C11H15N3O2/c15-10-6-5-9(12-13-10)11(16)14-7-3-1-2-4-8-14/h5-6H,1-4,7-8H2,(H,13,15). The minimum absolute atomic E-state index is 0.0850. The Bertz CT molecular complexity index is 399. The van der Waals surface area contributed by atoms with Crippen molar-refractivity contribution in [2.75, 3.05) is 13.1 Å². The van der Waals surface area contributed by atoms with Crippen molar-refractivity contribution in [2.45, 2.75) is 25.7 Å². The van der Waals surface area contributed by atoms with E-state index in [9.17, 15) is 9.59 Å². The fraction of sp³-hybridized carbons (Fsp3) is 0.545. The third-order valence-corrected chi connectivity index (χ3v) is 2.79. The highest BCUT2D eigenvalue weighted by Gasteiger charge is 2.18. The largest absolute Gasteiger partial charge is 0.337 e. The number of amides is 1. The Kier molecular flexibility index (Phi) is 3.34. The van der Waals surface area contributed by atoms with E-state index in [0.717, 1.165) is 25.9 Å². The minimum atomic E-state index is -0.285. The van der Waals surface area contributed by atoms with Gasteiger partial charge >= 0.3 is 0 Å². The number of hydrogen-bond acceptors (Lipinski definition) is 3. The fourth-order valence-electron chi connectivity index (χ4n) is 1.90. The number of nitrogens with one attached hydrogen (secondary N) is 1. The van der Waals surface area contributed by atoms with Crippen LogP contribution < -0.4 is 5.56 Å². The molecule has 0 spiro atoms. The molecular formula is C11H15N3O2. The summed E-state index contributed by atoms with van der Waals surface area (Å²) < 4.78 is 0. The second-order valence-corrected chi connectivity index (χ2v) is 4.01. The summed E-state index contributed by atoms with van der Waals surface area (Å²) in [6.07, 6.45) is 4.47. The zero-order valence-electron chi connectivity index (χ0n) is 9.11. The molecule has 5 heteroatoms. The Morgan fingerprint density at radius 3 is 2.44 bits per heavy atom. The van der Waals surface area contributed by atoms with Crippen molar-refractivity contribution in [1.82, 2.24) is 15.1 Å².